The van der Waals surface area contributed by atoms with E-state index in [0.29, 0.717) is 23.2 Å². The molecule has 0 amide bonds. The first-order valence-corrected chi connectivity index (χ1v) is 5.76. The van der Waals surface area contributed by atoms with Gasteiger partial charge >= 0.3 is 0 Å². The summed E-state index contributed by atoms with van der Waals surface area (Å²) in [5, 5.41) is 10.4. The van der Waals surface area contributed by atoms with E-state index >= 15 is 0 Å². The van der Waals surface area contributed by atoms with Crippen molar-refractivity contribution in [3.63, 3.8) is 0 Å². The third-order valence-corrected chi connectivity index (χ3v) is 2.66. The Kier molecular flexibility index (Phi) is 2.71. The van der Waals surface area contributed by atoms with E-state index in [2.05, 4.69) is 30.5 Å². The van der Waals surface area contributed by atoms with Crippen molar-refractivity contribution in [2.75, 3.05) is 12.4 Å². The highest BCUT2D eigenvalue weighted by Crippen LogP contribution is 2.28. The molecule has 0 spiro atoms. The summed E-state index contributed by atoms with van der Waals surface area (Å²) in [6.07, 6.45) is 3.35. The summed E-state index contributed by atoms with van der Waals surface area (Å²) in [6.45, 7) is 1.88. The van der Waals surface area contributed by atoms with Crippen molar-refractivity contribution in [1.29, 1.82) is 0 Å². The molecule has 3 aromatic rings. The Morgan fingerprint density at radius 2 is 2.21 bits per heavy atom. The summed E-state index contributed by atoms with van der Waals surface area (Å²) in [4.78, 5) is 12.7. The Morgan fingerprint density at radius 1 is 1.32 bits per heavy atom. The van der Waals surface area contributed by atoms with Crippen LogP contribution in [-0.2, 0) is 0 Å². The third-order valence-electron chi connectivity index (χ3n) is 2.66. The molecule has 0 aliphatic carbocycles. The van der Waals surface area contributed by atoms with E-state index in [0.717, 1.165) is 11.1 Å². The van der Waals surface area contributed by atoms with Crippen LogP contribution in [0.15, 0.2) is 24.5 Å². The molecule has 3 heterocycles. The normalized spacial score (nSPS) is 10.6. The molecule has 0 bridgehead atoms. The van der Waals surface area contributed by atoms with Gasteiger partial charge in [0.05, 0.1) is 11.9 Å². The fourth-order valence-corrected chi connectivity index (χ4v) is 1.68. The van der Waals surface area contributed by atoms with Gasteiger partial charge in [-0.05, 0) is 19.1 Å². The summed E-state index contributed by atoms with van der Waals surface area (Å²) < 4.78 is 5.81. The Bertz CT molecular complexity index is 723. The molecule has 0 saturated carbocycles. The van der Waals surface area contributed by atoms with E-state index in [1.165, 1.54) is 0 Å². The Morgan fingerprint density at radius 3 is 3.00 bits per heavy atom. The van der Waals surface area contributed by atoms with Crippen LogP contribution in [0.2, 0.25) is 0 Å². The summed E-state index contributed by atoms with van der Waals surface area (Å²) >= 11 is 0. The van der Waals surface area contributed by atoms with Gasteiger partial charge in [-0.25, -0.2) is 0 Å². The van der Waals surface area contributed by atoms with Gasteiger partial charge in [0.15, 0.2) is 11.4 Å². The van der Waals surface area contributed by atoms with Gasteiger partial charge in [0.2, 0.25) is 11.8 Å². The van der Waals surface area contributed by atoms with Crippen molar-refractivity contribution >= 4 is 17.0 Å². The van der Waals surface area contributed by atoms with Gasteiger partial charge in [0.1, 0.15) is 5.39 Å². The quantitative estimate of drug-likeness (QED) is 0.744. The molecule has 96 valence electrons. The average Bonchev–Trinajstić information content (AvgIpc) is 2.89. The number of nitrogens with one attached hydrogen (secondary N) is 2. The molecule has 19 heavy (non-hydrogen) atoms. The molecular weight excluding hydrogens is 244 g/mol. The first-order valence-electron chi connectivity index (χ1n) is 5.76. The molecule has 0 unspecified atom stereocenters. The second kappa shape index (κ2) is 4.52. The highest BCUT2D eigenvalue weighted by Gasteiger charge is 2.12. The van der Waals surface area contributed by atoms with E-state index in [-0.39, 0.29) is 0 Å². The molecule has 3 aromatic heterocycles. The van der Waals surface area contributed by atoms with Gasteiger partial charge in [-0.2, -0.15) is 15.1 Å². The Labute approximate surface area is 109 Å². The van der Waals surface area contributed by atoms with Gasteiger partial charge in [0, 0.05) is 13.2 Å². The van der Waals surface area contributed by atoms with Crippen molar-refractivity contribution in [2.45, 2.75) is 6.92 Å². The number of aromatic amines is 1. The van der Waals surface area contributed by atoms with Crippen molar-refractivity contribution in [3.8, 4) is 11.6 Å². The molecule has 3 rings (SSSR count). The lowest BCUT2D eigenvalue weighted by Crippen LogP contribution is -1.99. The lowest BCUT2D eigenvalue weighted by Gasteiger charge is -2.08. The molecule has 0 aliphatic rings. The molecule has 0 saturated heterocycles. The largest absolute Gasteiger partial charge is 0.436 e. The topological polar surface area (TPSA) is 88.6 Å². The summed E-state index contributed by atoms with van der Waals surface area (Å²) in [5.74, 6) is 1.57. The second-order valence-corrected chi connectivity index (χ2v) is 3.92. The molecule has 0 atom stereocenters. The van der Waals surface area contributed by atoms with Gasteiger partial charge in [-0.3, -0.25) is 10.1 Å². The molecule has 7 nitrogen and oxygen atoms in total. The number of anilines is 1. The molecule has 7 heteroatoms. The Hall–Kier alpha value is -2.70. The van der Waals surface area contributed by atoms with Crippen LogP contribution >= 0.6 is 0 Å². The molecule has 2 N–H and O–H groups in total. The van der Waals surface area contributed by atoms with Crippen molar-refractivity contribution in [1.82, 2.24) is 25.1 Å². The third kappa shape index (κ3) is 2.05. The minimum Gasteiger partial charge on any atom is -0.436 e. The number of aryl methyl sites for hydroxylation is 1. The van der Waals surface area contributed by atoms with E-state index in [1.807, 2.05) is 19.1 Å². The molecule has 0 radical (unpaired) electrons. The summed E-state index contributed by atoms with van der Waals surface area (Å²) in [5.41, 5.74) is 1.42. The van der Waals surface area contributed by atoms with Crippen LogP contribution < -0.4 is 10.1 Å². The number of rotatable bonds is 3. The van der Waals surface area contributed by atoms with Crippen LogP contribution in [0.1, 0.15) is 5.69 Å². The molecule has 0 aliphatic heterocycles. The number of pyridine rings is 1. The number of hydrogen-bond donors (Lipinski definition) is 2. The Balaban J connectivity index is 2.09. The number of fused-ring (bicyclic) bond motifs is 1. The van der Waals surface area contributed by atoms with E-state index in [1.54, 1.807) is 19.4 Å². The highest BCUT2D eigenvalue weighted by atomic mass is 16.5. The van der Waals surface area contributed by atoms with Crippen LogP contribution in [0.4, 0.5) is 5.95 Å². The van der Waals surface area contributed by atoms with Crippen LogP contribution in [0.25, 0.3) is 11.0 Å². The van der Waals surface area contributed by atoms with E-state index < -0.39 is 0 Å². The van der Waals surface area contributed by atoms with Crippen LogP contribution in [0.3, 0.4) is 0 Å². The monoisotopic (exact) mass is 256 g/mol. The summed E-state index contributed by atoms with van der Waals surface area (Å²) in [6, 6.07) is 3.66. The van der Waals surface area contributed by atoms with Crippen molar-refractivity contribution < 1.29 is 4.74 Å². The minimum absolute atomic E-state index is 0.444. The van der Waals surface area contributed by atoms with Gasteiger partial charge in [0.25, 0.3) is 0 Å². The maximum atomic E-state index is 5.81. The number of aromatic nitrogens is 5. The lowest BCUT2D eigenvalue weighted by molar-refractivity contribution is 0.462. The zero-order valence-corrected chi connectivity index (χ0v) is 10.5. The second-order valence-electron chi connectivity index (χ2n) is 3.92. The predicted molar refractivity (Wildman–Crippen MR) is 70.3 cm³/mol. The summed E-state index contributed by atoms with van der Waals surface area (Å²) in [7, 11) is 1.75. The molecular formula is C12H12N6O. The maximum Gasteiger partial charge on any atom is 0.235 e. The highest BCUT2D eigenvalue weighted by molar-refractivity contribution is 5.80. The van der Waals surface area contributed by atoms with Crippen LogP contribution in [0.5, 0.6) is 11.6 Å². The van der Waals surface area contributed by atoms with E-state index in [9.17, 15) is 0 Å². The maximum absolute atomic E-state index is 5.81. The first kappa shape index (κ1) is 11.4. The van der Waals surface area contributed by atoms with Crippen molar-refractivity contribution in [3.05, 3.63) is 30.2 Å². The fourth-order valence-electron chi connectivity index (χ4n) is 1.68. The lowest BCUT2D eigenvalue weighted by atomic mass is 10.3. The standard InChI is InChI=1S/C12H12N6O/c1-7-9(4-3-5-14-7)19-11-8-6-15-18-10(8)16-12(13-2)17-11/h3-6H,1-2H3,(H2,13,15,16,17,18). The number of nitrogens with zero attached hydrogens (tertiary/aromatic N) is 4. The minimum atomic E-state index is 0.444. The number of hydrogen-bond acceptors (Lipinski definition) is 6. The van der Waals surface area contributed by atoms with Gasteiger partial charge < -0.3 is 10.1 Å². The fraction of sp³-hybridized carbons (Fsp3) is 0.167. The van der Waals surface area contributed by atoms with E-state index in [4.69, 9.17) is 4.74 Å². The molecule has 0 fully saturated rings. The smallest absolute Gasteiger partial charge is 0.235 e. The molecule has 0 aromatic carbocycles. The SMILES string of the molecule is CNc1nc(Oc2cccnc2C)c2cn[nH]c2n1. The van der Waals surface area contributed by atoms with Crippen LogP contribution in [0, 0.1) is 6.92 Å². The van der Waals surface area contributed by atoms with Crippen LogP contribution in [-0.4, -0.2) is 32.2 Å². The number of H-pyrrole nitrogens is 1. The van der Waals surface area contributed by atoms with Gasteiger partial charge in [-0.1, -0.05) is 0 Å². The van der Waals surface area contributed by atoms with Crippen molar-refractivity contribution in [2.24, 2.45) is 0 Å². The predicted octanol–water partition coefficient (Wildman–Crippen LogP) is 1.89. The number of ether oxygens (including phenoxy) is 1. The zero-order chi connectivity index (χ0) is 13.2. The van der Waals surface area contributed by atoms with Gasteiger partial charge in [-0.15, -0.1) is 0 Å². The first-order chi connectivity index (χ1) is 9.28. The zero-order valence-electron chi connectivity index (χ0n) is 10.5. The average molecular weight is 256 g/mol.